The zero-order valence-corrected chi connectivity index (χ0v) is 12.0. The number of hydrogen-bond donors (Lipinski definition) is 0. The van der Waals surface area contributed by atoms with Crippen molar-refractivity contribution in [2.75, 3.05) is 19.8 Å². The molecule has 104 valence electrons. The van der Waals surface area contributed by atoms with E-state index in [1.54, 1.807) is 0 Å². The Hall–Kier alpha value is 0.210. The van der Waals surface area contributed by atoms with Crippen LogP contribution in [0.25, 0.3) is 0 Å². The molecule has 3 aliphatic rings. The van der Waals surface area contributed by atoms with Crippen LogP contribution in [-0.4, -0.2) is 30.8 Å². The Labute approximate surface area is 115 Å². The summed E-state index contributed by atoms with van der Waals surface area (Å²) in [5.41, 5.74) is 0.134. The van der Waals surface area contributed by atoms with Gasteiger partial charge in [0.1, 0.15) is 0 Å². The maximum absolute atomic E-state index is 6.58. The van der Waals surface area contributed by atoms with Crippen LogP contribution >= 0.6 is 11.6 Å². The first-order valence-electron chi connectivity index (χ1n) is 7.65. The Morgan fingerprint density at radius 1 is 0.944 bits per heavy atom. The van der Waals surface area contributed by atoms with Crippen LogP contribution in [-0.2, 0) is 9.47 Å². The monoisotopic (exact) mass is 272 g/mol. The second kappa shape index (κ2) is 5.68. The third-order valence-corrected chi connectivity index (χ3v) is 5.81. The molecule has 0 amide bonds. The van der Waals surface area contributed by atoms with Crippen molar-refractivity contribution in [1.82, 2.24) is 0 Å². The van der Waals surface area contributed by atoms with Crippen molar-refractivity contribution in [2.24, 2.45) is 11.8 Å². The van der Waals surface area contributed by atoms with E-state index < -0.39 is 0 Å². The van der Waals surface area contributed by atoms with Crippen LogP contribution in [0.1, 0.15) is 51.4 Å². The highest BCUT2D eigenvalue weighted by atomic mass is 35.5. The summed E-state index contributed by atoms with van der Waals surface area (Å²) in [6.45, 7) is 2.69. The zero-order chi connectivity index (χ0) is 12.4. The van der Waals surface area contributed by atoms with Crippen LogP contribution in [0.2, 0.25) is 0 Å². The largest absolute Gasteiger partial charge is 0.381 e. The summed E-state index contributed by atoms with van der Waals surface area (Å²) in [6.07, 6.45) is 9.88. The normalized spacial score (nSPS) is 40.8. The maximum atomic E-state index is 6.58. The Morgan fingerprint density at radius 3 is 2.50 bits per heavy atom. The van der Waals surface area contributed by atoms with Gasteiger partial charge in [-0.25, -0.2) is 0 Å². The standard InChI is InChI=1S/C15H25ClO2/c16-14-4-2-1-3-13(14)12-5-8-18-15(11-12)6-9-17-10-7-15/h12-14H,1-11H2. The third-order valence-electron chi connectivity index (χ3n) is 5.27. The molecule has 0 aromatic carbocycles. The Balaban J connectivity index is 1.65. The first-order valence-corrected chi connectivity index (χ1v) is 8.09. The van der Waals surface area contributed by atoms with Crippen molar-refractivity contribution in [3.63, 3.8) is 0 Å². The fourth-order valence-corrected chi connectivity index (χ4v) is 4.65. The molecule has 1 aliphatic carbocycles. The van der Waals surface area contributed by atoms with Crippen molar-refractivity contribution in [3.8, 4) is 0 Å². The van der Waals surface area contributed by atoms with Gasteiger partial charge in [-0.15, -0.1) is 11.6 Å². The van der Waals surface area contributed by atoms with Crippen molar-refractivity contribution < 1.29 is 9.47 Å². The fraction of sp³-hybridized carbons (Fsp3) is 1.00. The van der Waals surface area contributed by atoms with Crippen LogP contribution in [0.5, 0.6) is 0 Å². The van der Waals surface area contributed by atoms with Gasteiger partial charge in [-0.05, 0) is 50.4 Å². The van der Waals surface area contributed by atoms with E-state index in [9.17, 15) is 0 Å². The lowest BCUT2D eigenvalue weighted by Crippen LogP contribution is -2.47. The van der Waals surface area contributed by atoms with E-state index in [1.165, 1.54) is 38.5 Å². The van der Waals surface area contributed by atoms with Gasteiger partial charge in [-0.1, -0.05) is 12.8 Å². The molecule has 1 saturated carbocycles. The molecule has 2 heterocycles. The van der Waals surface area contributed by atoms with Gasteiger partial charge in [0.05, 0.1) is 5.60 Å². The molecule has 0 aromatic rings. The average Bonchev–Trinajstić information content (AvgIpc) is 2.40. The zero-order valence-electron chi connectivity index (χ0n) is 11.2. The van der Waals surface area contributed by atoms with Gasteiger partial charge in [0.2, 0.25) is 0 Å². The third kappa shape index (κ3) is 2.71. The quantitative estimate of drug-likeness (QED) is 0.677. The molecule has 3 fully saturated rings. The SMILES string of the molecule is ClC1CCCCC1C1CCOC2(CCOCC2)C1. The van der Waals surface area contributed by atoms with Gasteiger partial charge < -0.3 is 9.47 Å². The first-order chi connectivity index (χ1) is 8.79. The second-order valence-corrected chi connectivity index (χ2v) is 6.92. The molecule has 0 bridgehead atoms. The highest BCUT2D eigenvalue weighted by molar-refractivity contribution is 6.20. The highest BCUT2D eigenvalue weighted by Crippen LogP contribution is 2.44. The molecular formula is C15H25ClO2. The average molecular weight is 273 g/mol. The number of rotatable bonds is 1. The molecule has 2 aliphatic heterocycles. The van der Waals surface area contributed by atoms with E-state index >= 15 is 0 Å². The smallest absolute Gasteiger partial charge is 0.0729 e. The minimum absolute atomic E-state index is 0.134. The van der Waals surface area contributed by atoms with Crippen molar-refractivity contribution in [2.45, 2.75) is 62.3 Å². The molecule has 2 saturated heterocycles. The van der Waals surface area contributed by atoms with Gasteiger partial charge in [-0.2, -0.15) is 0 Å². The van der Waals surface area contributed by atoms with Crippen LogP contribution in [0, 0.1) is 11.8 Å². The lowest BCUT2D eigenvalue weighted by molar-refractivity contribution is -0.153. The molecular weight excluding hydrogens is 248 g/mol. The van der Waals surface area contributed by atoms with Crippen LogP contribution in [0.4, 0.5) is 0 Å². The predicted octanol–water partition coefficient (Wildman–Crippen LogP) is 3.76. The number of alkyl halides is 1. The molecule has 2 nitrogen and oxygen atoms in total. The molecule has 0 aromatic heterocycles. The molecule has 3 rings (SSSR count). The number of hydrogen-bond acceptors (Lipinski definition) is 2. The lowest BCUT2D eigenvalue weighted by Gasteiger charge is -2.46. The summed E-state index contributed by atoms with van der Waals surface area (Å²) in [5.74, 6) is 1.53. The molecule has 1 spiro atoms. The maximum Gasteiger partial charge on any atom is 0.0729 e. The Bertz CT molecular complexity index is 270. The predicted molar refractivity (Wildman–Crippen MR) is 73.1 cm³/mol. The van der Waals surface area contributed by atoms with E-state index in [0.717, 1.165) is 44.5 Å². The summed E-state index contributed by atoms with van der Waals surface area (Å²) in [4.78, 5) is 0. The van der Waals surface area contributed by atoms with Gasteiger partial charge >= 0.3 is 0 Å². The number of halogens is 1. The van der Waals surface area contributed by atoms with Crippen LogP contribution in [0.15, 0.2) is 0 Å². The Morgan fingerprint density at radius 2 is 1.72 bits per heavy atom. The highest BCUT2D eigenvalue weighted by Gasteiger charge is 2.42. The second-order valence-electron chi connectivity index (χ2n) is 6.36. The molecule has 0 N–H and O–H groups in total. The number of ether oxygens (including phenoxy) is 2. The van der Waals surface area contributed by atoms with Crippen molar-refractivity contribution in [3.05, 3.63) is 0 Å². The fourth-order valence-electron chi connectivity index (χ4n) is 4.17. The van der Waals surface area contributed by atoms with Gasteiger partial charge in [0.25, 0.3) is 0 Å². The van der Waals surface area contributed by atoms with Gasteiger partial charge in [0.15, 0.2) is 0 Å². The van der Waals surface area contributed by atoms with Gasteiger partial charge in [-0.3, -0.25) is 0 Å². The molecule has 3 unspecified atom stereocenters. The topological polar surface area (TPSA) is 18.5 Å². The van der Waals surface area contributed by atoms with E-state index in [4.69, 9.17) is 21.1 Å². The van der Waals surface area contributed by atoms with E-state index in [1.807, 2.05) is 0 Å². The van der Waals surface area contributed by atoms with Crippen molar-refractivity contribution in [1.29, 1.82) is 0 Å². The van der Waals surface area contributed by atoms with Crippen molar-refractivity contribution >= 4 is 11.6 Å². The minimum atomic E-state index is 0.134. The molecule has 0 radical (unpaired) electrons. The van der Waals surface area contributed by atoms with Crippen LogP contribution < -0.4 is 0 Å². The van der Waals surface area contributed by atoms with Gasteiger partial charge in [0, 0.05) is 25.2 Å². The lowest BCUT2D eigenvalue weighted by atomic mass is 9.71. The molecule has 3 heteroatoms. The molecule has 18 heavy (non-hydrogen) atoms. The summed E-state index contributed by atoms with van der Waals surface area (Å²) >= 11 is 6.58. The first kappa shape index (κ1) is 13.2. The van der Waals surface area contributed by atoms with E-state index in [-0.39, 0.29) is 5.60 Å². The van der Waals surface area contributed by atoms with Crippen LogP contribution in [0.3, 0.4) is 0 Å². The summed E-state index contributed by atoms with van der Waals surface area (Å²) in [5, 5.41) is 0.416. The van der Waals surface area contributed by atoms with E-state index in [2.05, 4.69) is 0 Å². The summed E-state index contributed by atoms with van der Waals surface area (Å²) in [7, 11) is 0. The molecule has 3 atom stereocenters. The summed E-state index contributed by atoms with van der Waals surface area (Å²) < 4.78 is 11.6. The van der Waals surface area contributed by atoms with E-state index in [0.29, 0.717) is 5.38 Å². The Kier molecular flexibility index (Phi) is 4.17. The summed E-state index contributed by atoms with van der Waals surface area (Å²) in [6, 6.07) is 0. The minimum Gasteiger partial charge on any atom is -0.381 e.